The second-order valence-electron chi connectivity index (χ2n) is 4.67. The summed E-state index contributed by atoms with van der Waals surface area (Å²) in [5.41, 5.74) is 1.54. The molecule has 0 radical (unpaired) electrons. The highest BCUT2D eigenvalue weighted by Crippen LogP contribution is 2.28. The Morgan fingerprint density at radius 1 is 1.29 bits per heavy atom. The van der Waals surface area contributed by atoms with Gasteiger partial charge in [-0.15, -0.1) is 0 Å². The Hall–Kier alpha value is -0.560. The van der Waals surface area contributed by atoms with Gasteiger partial charge in [0.05, 0.1) is 0 Å². The molecule has 1 heteroatoms. The fourth-order valence-corrected chi connectivity index (χ4v) is 2.55. The molecular weight excluding hydrogens is 170 g/mol. The summed E-state index contributed by atoms with van der Waals surface area (Å²) in [6, 6.07) is 0. The molecule has 1 aliphatic heterocycles. The highest BCUT2D eigenvalue weighted by Gasteiger charge is 2.21. The highest BCUT2D eigenvalue weighted by atomic mass is 14.9. The number of allylic oxidation sites excluding steroid dienone is 4. The van der Waals surface area contributed by atoms with E-state index in [1.54, 1.807) is 0 Å². The molecule has 14 heavy (non-hydrogen) atoms. The Balaban J connectivity index is 1.96. The molecule has 0 aromatic heterocycles. The average Bonchev–Trinajstić information content (AvgIpc) is 2.44. The van der Waals surface area contributed by atoms with E-state index in [2.05, 4.69) is 30.5 Å². The smallest absolute Gasteiger partial charge is 0.00461 e. The first-order chi connectivity index (χ1) is 6.86. The van der Waals surface area contributed by atoms with Crippen molar-refractivity contribution in [1.29, 1.82) is 0 Å². The van der Waals surface area contributed by atoms with Crippen LogP contribution in [0, 0.1) is 11.8 Å². The number of hydrogen-bond acceptors (Lipinski definition) is 1. The summed E-state index contributed by atoms with van der Waals surface area (Å²) in [7, 11) is 0. The molecular formula is C13H21N. The summed E-state index contributed by atoms with van der Waals surface area (Å²) in [6.07, 6.45) is 12.4. The summed E-state index contributed by atoms with van der Waals surface area (Å²) < 4.78 is 0. The molecule has 1 unspecified atom stereocenters. The van der Waals surface area contributed by atoms with Crippen LogP contribution < -0.4 is 5.32 Å². The quantitative estimate of drug-likeness (QED) is 0.628. The molecule has 1 heterocycles. The van der Waals surface area contributed by atoms with Crippen LogP contribution in [0.2, 0.25) is 0 Å². The van der Waals surface area contributed by atoms with Gasteiger partial charge in [-0.05, 0) is 57.5 Å². The Labute approximate surface area is 87.3 Å². The van der Waals surface area contributed by atoms with Gasteiger partial charge in [-0.25, -0.2) is 0 Å². The molecule has 0 aromatic carbocycles. The zero-order valence-electron chi connectivity index (χ0n) is 9.13. The van der Waals surface area contributed by atoms with E-state index in [1.165, 1.54) is 44.3 Å². The van der Waals surface area contributed by atoms with Crippen LogP contribution in [0.15, 0.2) is 23.8 Å². The zero-order valence-corrected chi connectivity index (χ0v) is 9.13. The van der Waals surface area contributed by atoms with E-state index in [1.807, 2.05) is 0 Å². The lowest BCUT2D eigenvalue weighted by molar-refractivity contribution is 0.300. The van der Waals surface area contributed by atoms with Crippen molar-refractivity contribution < 1.29 is 0 Å². The third-order valence-corrected chi connectivity index (χ3v) is 3.55. The van der Waals surface area contributed by atoms with Crippen molar-refractivity contribution in [2.45, 2.75) is 32.6 Å². The van der Waals surface area contributed by atoms with Crippen LogP contribution in [0.3, 0.4) is 0 Å². The summed E-state index contributed by atoms with van der Waals surface area (Å²) in [5.74, 6) is 1.74. The molecule has 0 saturated carbocycles. The first-order valence-electron chi connectivity index (χ1n) is 5.89. The molecule has 0 bridgehead atoms. The predicted octanol–water partition coefficient (Wildman–Crippen LogP) is 2.90. The van der Waals surface area contributed by atoms with Crippen LogP contribution in [-0.2, 0) is 0 Å². The van der Waals surface area contributed by atoms with E-state index in [0.29, 0.717) is 0 Å². The number of rotatable bonds is 1. The van der Waals surface area contributed by atoms with E-state index >= 15 is 0 Å². The predicted molar refractivity (Wildman–Crippen MR) is 61.2 cm³/mol. The maximum Gasteiger partial charge on any atom is -0.00461 e. The number of hydrogen-bond donors (Lipinski definition) is 1. The van der Waals surface area contributed by atoms with Gasteiger partial charge in [0.2, 0.25) is 0 Å². The second-order valence-corrected chi connectivity index (χ2v) is 4.67. The second kappa shape index (κ2) is 4.79. The lowest BCUT2D eigenvalue weighted by Gasteiger charge is -2.28. The van der Waals surface area contributed by atoms with Gasteiger partial charge in [0.25, 0.3) is 0 Å². The summed E-state index contributed by atoms with van der Waals surface area (Å²) >= 11 is 0. The minimum atomic E-state index is 0.814. The van der Waals surface area contributed by atoms with Gasteiger partial charge in [0, 0.05) is 0 Å². The molecule has 1 saturated heterocycles. The summed E-state index contributed by atoms with van der Waals surface area (Å²) in [4.78, 5) is 0. The lowest BCUT2D eigenvalue weighted by atomic mass is 9.83. The standard InChI is InChI=1S/C13H21N/c1-11-3-2-4-12(6-5-11)13-7-9-14-10-8-13/h2,4-5,12-14H,3,6-10H2,1H3. The van der Waals surface area contributed by atoms with Crippen molar-refractivity contribution in [2.24, 2.45) is 11.8 Å². The molecule has 1 atom stereocenters. The van der Waals surface area contributed by atoms with E-state index in [-0.39, 0.29) is 0 Å². The maximum atomic E-state index is 3.44. The minimum absolute atomic E-state index is 0.814. The van der Waals surface area contributed by atoms with E-state index in [0.717, 1.165) is 11.8 Å². The summed E-state index contributed by atoms with van der Waals surface area (Å²) in [5, 5.41) is 3.44. The molecule has 2 aliphatic rings. The van der Waals surface area contributed by atoms with Gasteiger partial charge in [0.1, 0.15) is 0 Å². The van der Waals surface area contributed by atoms with E-state index in [4.69, 9.17) is 0 Å². The first kappa shape index (κ1) is 9.97. The van der Waals surface area contributed by atoms with Crippen LogP contribution in [0.1, 0.15) is 32.6 Å². The Kier molecular flexibility index (Phi) is 3.41. The van der Waals surface area contributed by atoms with Crippen LogP contribution in [-0.4, -0.2) is 13.1 Å². The Bertz CT molecular complexity index is 234. The molecule has 1 N–H and O–H groups in total. The van der Waals surface area contributed by atoms with Crippen LogP contribution in [0.25, 0.3) is 0 Å². The SMILES string of the molecule is CC1=CCC(C2CCNCC2)C=CC1. The van der Waals surface area contributed by atoms with Gasteiger partial charge in [-0.2, -0.15) is 0 Å². The zero-order chi connectivity index (χ0) is 9.80. The van der Waals surface area contributed by atoms with Gasteiger partial charge < -0.3 is 5.32 Å². The van der Waals surface area contributed by atoms with Crippen molar-refractivity contribution in [2.75, 3.05) is 13.1 Å². The number of piperidine rings is 1. The van der Waals surface area contributed by atoms with Crippen molar-refractivity contribution in [3.05, 3.63) is 23.8 Å². The molecule has 1 fully saturated rings. The van der Waals surface area contributed by atoms with Gasteiger partial charge in [-0.1, -0.05) is 23.8 Å². The largest absolute Gasteiger partial charge is 0.317 e. The maximum absolute atomic E-state index is 3.44. The van der Waals surface area contributed by atoms with Crippen molar-refractivity contribution in [3.63, 3.8) is 0 Å². The Morgan fingerprint density at radius 2 is 2.07 bits per heavy atom. The first-order valence-corrected chi connectivity index (χ1v) is 5.89. The third kappa shape index (κ3) is 2.48. The minimum Gasteiger partial charge on any atom is -0.317 e. The third-order valence-electron chi connectivity index (χ3n) is 3.55. The van der Waals surface area contributed by atoms with Crippen molar-refractivity contribution >= 4 is 0 Å². The molecule has 78 valence electrons. The fraction of sp³-hybridized carbons (Fsp3) is 0.692. The van der Waals surface area contributed by atoms with Crippen LogP contribution in [0.5, 0.6) is 0 Å². The van der Waals surface area contributed by atoms with Gasteiger partial charge >= 0.3 is 0 Å². The van der Waals surface area contributed by atoms with Gasteiger partial charge in [0.15, 0.2) is 0 Å². The lowest BCUT2D eigenvalue weighted by Crippen LogP contribution is -2.30. The normalized spacial score (nSPS) is 29.8. The topological polar surface area (TPSA) is 12.0 Å². The molecule has 0 aromatic rings. The summed E-state index contributed by atoms with van der Waals surface area (Å²) in [6.45, 7) is 4.69. The highest BCUT2D eigenvalue weighted by molar-refractivity contribution is 5.11. The molecule has 0 spiro atoms. The van der Waals surface area contributed by atoms with Crippen molar-refractivity contribution in [3.8, 4) is 0 Å². The van der Waals surface area contributed by atoms with E-state index in [9.17, 15) is 0 Å². The number of nitrogens with one attached hydrogen (secondary N) is 1. The van der Waals surface area contributed by atoms with E-state index < -0.39 is 0 Å². The molecule has 2 rings (SSSR count). The molecule has 1 aliphatic carbocycles. The van der Waals surface area contributed by atoms with Crippen molar-refractivity contribution in [1.82, 2.24) is 5.32 Å². The van der Waals surface area contributed by atoms with Gasteiger partial charge in [-0.3, -0.25) is 0 Å². The average molecular weight is 191 g/mol. The Morgan fingerprint density at radius 3 is 2.86 bits per heavy atom. The van der Waals surface area contributed by atoms with Crippen LogP contribution >= 0.6 is 0 Å². The van der Waals surface area contributed by atoms with Crippen LogP contribution in [0.4, 0.5) is 0 Å². The molecule has 1 nitrogen and oxygen atoms in total. The monoisotopic (exact) mass is 191 g/mol. The fourth-order valence-electron chi connectivity index (χ4n) is 2.55. The molecule has 0 amide bonds.